The number of hydrogen-bond donors (Lipinski definition) is 2. The number of carbonyl (C=O) groups excluding carboxylic acids is 2. The Balaban J connectivity index is 2.47. The molecule has 0 atom stereocenters. The molecule has 110 valence electrons. The van der Waals surface area contributed by atoms with Gasteiger partial charge in [-0.3, -0.25) is 9.59 Å². The lowest BCUT2D eigenvalue weighted by Crippen LogP contribution is -2.33. The minimum Gasteiger partial charge on any atom is -0.397 e. The number of nitrogens with zero attached hydrogens (tertiary/aromatic N) is 1. The molecule has 5 nitrogen and oxygen atoms in total. The third kappa shape index (κ3) is 2.78. The van der Waals surface area contributed by atoms with E-state index >= 15 is 0 Å². The van der Waals surface area contributed by atoms with Gasteiger partial charge in [-0.2, -0.15) is 11.8 Å². The van der Waals surface area contributed by atoms with E-state index in [9.17, 15) is 9.59 Å². The molecular weight excluding hydrogens is 294 g/mol. The van der Waals surface area contributed by atoms with E-state index in [1.165, 1.54) is 11.3 Å². The lowest BCUT2D eigenvalue weighted by molar-refractivity contribution is 0.0964. The maximum absolute atomic E-state index is 12.1. The summed E-state index contributed by atoms with van der Waals surface area (Å²) in [7, 11) is 1.58. The number of ketones is 1. The number of amides is 1. The fourth-order valence-corrected chi connectivity index (χ4v) is 4.32. The molecular formula is C13H19N3O2S2. The van der Waals surface area contributed by atoms with Crippen LogP contribution in [-0.4, -0.2) is 43.3 Å². The molecule has 3 N–H and O–H groups in total. The molecule has 0 saturated carbocycles. The van der Waals surface area contributed by atoms with Gasteiger partial charge in [-0.1, -0.05) is 6.92 Å². The Morgan fingerprint density at radius 1 is 1.35 bits per heavy atom. The van der Waals surface area contributed by atoms with Crippen LogP contribution in [-0.2, 0) is 0 Å². The highest BCUT2D eigenvalue weighted by Gasteiger charge is 2.28. The number of rotatable bonds is 4. The van der Waals surface area contributed by atoms with Crippen molar-refractivity contribution in [2.45, 2.75) is 13.3 Å². The Bertz CT molecular complexity index is 522. The summed E-state index contributed by atoms with van der Waals surface area (Å²) in [5.41, 5.74) is 6.85. The zero-order chi connectivity index (χ0) is 14.7. The Morgan fingerprint density at radius 2 is 2.00 bits per heavy atom. The first-order valence-corrected chi connectivity index (χ1v) is 8.57. The molecule has 2 heterocycles. The van der Waals surface area contributed by atoms with Gasteiger partial charge in [0.2, 0.25) is 0 Å². The number of Topliss-reactive ketones (excluding diaryl/α,β-unsaturated/α-hetero) is 1. The zero-order valence-corrected chi connectivity index (χ0v) is 13.3. The smallest absolute Gasteiger partial charge is 0.256 e. The largest absolute Gasteiger partial charge is 0.397 e. The van der Waals surface area contributed by atoms with Crippen LogP contribution in [0.3, 0.4) is 0 Å². The monoisotopic (exact) mass is 313 g/mol. The first kappa shape index (κ1) is 15.2. The number of thiophene rings is 1. The van der Waals surface area contributed by atoms with Crippen molar-refractivity contribution in [1.82, 2.24) is 5.32 Å². The molecule has 20 heavy (non-hydrogen) atoms. The predicted molar refractivity (Wildman–Crippen MR) is 86.3 cm³/mol. The second-order valence-electron chi connectivity index (χ2n) is 4.48. The zero-order valence-electron chi connectivity index (χ0n) is 11.7. The van der Waals surface area contributed by atoms with E-state index < -0.39 is 0 Å². The number of hydrogen-bond acceptors (Lipinski definition) is 6. The number of nitrogen functional groups attached to an aromatic ring is 1. The highest BCUT2D eigenvalue weighted by molar-refractivity contribution is 7.99. The Hall–Kier alpha value is -1.21. The molecule has 2 rings (SSSR count). The maximum Gasteiger partial charge on any atom is 0.256 e. The third-order valence-electron chi connectivity index (χ3n) is 3.25. The summed E-state index contributed by atoms with van der Waals surface area (Å²) in [6.45, 7) is 3.57. The summed E-state index contributed by atoms with van der Waals surface area (Å²) in [6.07, 6.45) is 0.396. The van der Waals surface area contributed by atoms with E-state index in [4.69, 9.17) is 5.73 Å². The molecule has 0 spiro atoms. The van der Waals surface area contributed by atoms with Gasteiger partial charge >= 0.3 is 0 Å². The van der Waals surface area contributed by atoms with E-state index in [0.29, 0.717) is 22.5 Å². The maximum atomic E-state index is 12.1. The van der Waals surface area contributed by atoms with Crippen LogP contribution in [0.25, 0.3) is 0 Å². The number of nitrogens with one attached hydrogen (secondary N) is 1. The molecule has 1 aliphatic heterocycles. The molecule has 1 aromatic rings. The van der Waals surface area contributed by atoms with Crippen LogP contribution >= 0.6 is 23.1 Å². The van der Waals surface area contributed by atoms with Gasteiger partial charge in [0, 0.05) is 38.1 Å². The van der Waals surface area contributed by atoms with Crippen molar-refractivity contribution < 1.29 is 9.59 Å². The van der Waals surface area contributed by atoms with Crippen molar-refractivity contribution in [2.75, 3.05) is 42.3 Å². The molecule has 0 radical (unpaired) electrons. The van der Waals surface area contributed by atoms with E-state index in [-0.39, 0.29) is 11.7 Å². The van der Waals surface area contributed by atoms with Gasteiger partial charge in [0.15, 0.2) is 5.78 Å². The molecule has 0 unspecified atom stereocenters. The van der Waals surface area contributed by atoms with Gasteiger partial charge in [-0.05, 0) is 0 Å². The van der Waals surface area contributed by atoms with E-state index in [0.717, 1.165) is 29.6 Å². The van der Waals surface area contributed by atoms with Crippen molar-refractivity contribution in [2.24, 2.45) is 0 Å². The summed E-state index contributed by atoms with van der Waals surface area (Å²) in [5, 5.41) is 3.45. The molecule has 1 saturated heterocycles. The normalized spacial score (nSPS) is 15.2. The number of carbonyl (C=O) groups is 2. The highest BCUT2D eigenvalue weighted by Crippen LogP contribution is 2.39. The molecule has 1 fully saturated rings. The lowest BCUT2D eigenvalue weighted by Gasteiger charge is -2.27. The molecule has 0 aliphatic carbocycles. The van der Waals surface area contributed by atoms with Crippen LogP contribution < -0.4 is 16.0 Å². The summed E-state index contributed by atoms with van der Waals surface area (Å²) in [5.74, 6) is 1.84. The number of anilines is 2. The predicted octanol–water partition coefficient (Wildman–Crippen LogP) is 1.84. The van der Waals surface area contributed by atoms with E-state index in [2.05, 4.69) is 10.2 Å². The molecule has 7 heteroatoms. The minimum absolute atomic E-state index is 0.00436. The van der Waals surface area contributed by atoms with Crippen LogP contribution in [0.4, 0.5) is 10.7 Å². The second-order valence-corrected chi connectivity index (χ2v) is 6.70. The molecule has 0 bridgehead atoms. The van der Waals surface area contributed by atoms with Gasteiger partial charge in [0.25, 0.3) is 5.91 Å². The summed E-state index contributed by atoms with van der Waals surface area (Å²) >= 11 is 3.25. The van der Waals surface area contributed by atoms with Crippen LogP contribution in [0.5, 0.6) is 0 Å². The van der Waals surface area contributed by atoms with Gasteiger partial charge in [0.05, 0.1) is 16.1 Å². The third-order valence-corrected chi connectivity index (χ3v) is 5.50. The number of thioether (sulfide) groups is 1. The van der Waals surface area contributed by atoms with Crippen molar-refractivity contribution in [3.63, 3.8) is 0 Å². The fourth-order valence-electron chi connectivity index (χ4n) is 2.13. The number of nitrogens with two attached hydrogens (primary N) is 1. The Kier molecular flexibility index (Phi) is 4.93. The highest BCUT2D eigenvalue weighted by atomic mass is 32.2. The van der Waals surface area contributed by atoms with Crippen molar-refractivity contribution in [3.8, 4) is 0 Å². The van der Waals surface area contributed by atoms with Gasteiger partial charge in [0.1, 0.15) is 5.00 Å². The van der Waals surface area contributed by atoms with E-state index in [1.807, 2.05) is 11.8 Å². The first-order valence-electron chi connectivity index (χ1n) is 6.60. The second kappa shape index (κ2) is 6.49. The molecule has 1 aliphatic rings. The van der Waals surface area contributed by atoms with Crippen molar-refractivity contribution in [1.29, 1.82) is 0 Å². The molecule has 0 aromatic carbocycles. The molecule has 1 amide bonds. The summed E-state index contributed by atoms with van der Waals surface area (Å²) in [4.78, 5) is 26.7. The average molecular weight is 313 g/mol. The SMILES string of the molecule is CCC(=O)c1sc(N2CCSCC2)c(C(=O)NC)c1N. The lowest BCUT2D eigenvalue weighted by atomic mass is 10.1. The van der Waals surface area contributed by atoms with Gasteiger partial charge in [-0.15, -0.1) is 11.3 Å². The van der Waals surface area contributed by atoms with Crippen molar-refractivity contribution >= 4 is 45.5 Å². The van der Waals surface area contributed by atoms with E-state index in [1.54, 1.807) is 14.0 Å². The van der Waals surface area contributed by atoms with Crippen molar-refractivity contribution in [3.05, 3.63) is 10.4 Å². The van der Waals surface area contributed by atoms with Crippen LogP contribution in [0.15, 0.2) is 0 Å². The minimum atomic E-state index is -0.220. The van der Waals surface area contributed by atoms with Crippen LogP contribution in [0.1, 0.15) is 33.4 Å². The van der Waals surface area contributed by atoms with Crippen LogP contribution in [0, 0.1) is 0 Å². The summed E-state index contributed by atoms with van der Waals surface area (Å²) < 4.78 is 0. The standard InChI is InChI=1S/C13H19N3O2S2/c1-3-8(17)11-10(14)9(12(18)15-2)13(20-11)16-4-6-19-7-5-16/h3-7,14H2,1-2H3,(H,15,18). The van der Waals surface area contributed by atoms with Gasteiger partial charge in [-0.25, -0.2) is 0 Å². The topological polar surface area (TPSA) is 75.4 Å². The van der Waals surface area contributed by atoms with Crippen LogP contribution in [0.2, 0.25) is 0 Å². The quantitative estimate of drug-likeness (QED) is 0.830. The summed E-state index contributed by atoms with van der Waals surface area (Å²) in [6, 6.07) is 0. The fraction of sp³-hybridized carbons (Fsp3) is 0.538. The Labute approximate surface area is 126 Å². The Morgan fingerprint density at radius 3 is 2.55 bits per heavy atom. The molecule has 1 aromatic heterocycles. The van der Waals surface area contributed by atoms with Gasteiger partial charge < -0.3 is 16.0 Å². The average Bonchev–Trinajstić information content (AvgIpc) is 2.84. The first-order chi connectivity index (χ1) is 9.60.